The number of amides is 2. The largest absolute Gasteiger partial charge is 0.482 e. The molecule has 3 aliphatic rings. The summed E-state index contributed by atoms with van der Waals surface area (Å²) in [5, 5.41) is 0. The van der Waals surface area contributed by atoms with E-state index in [1.165, 1.54) is 0 Å². The van der Waals surface area contributed by atoms with Gasteiger partial charge >= 0.3 is 0 Å². The first kappa shape index (κ1) is 16.2. The maximum Gasteiger partial charge on any atom is 0.267 e. The summed E-state index contributed by atoms with van der Waals surface area (Å²) in [6, 6.07) is 7.72. The molecular weight excluding hydrogens is 320 g/mol. The lowest BCUT2D eigenvalue weighted by molar-refractivity contribution is -0.146. The summed E-state index contributed by atoms with van der Waals surface area (Å²) in [6.07, 6.45) is 2.39. The first-order valence-electron chi connectivity index (χ1n) is 9.14. The number of piperidine rings is 1. The summed E-state index contributed by atoms with van der Waals surface area (Å²) in [6.45, 7) is 4.07. The van der Waals surface area contributed by atoms with Gasteiger partial charge in [-0.2, -0.15) is 0 Å². The van der Waals surface area contributed by atoms with Gasteiger partial charge < -0.3 is 19.3 Å². The number of ether oxygens (including phenoxy) is 2. The van der Waals surface area contributed by atoms with Crippen LogP contribution < -0.4 is 9.47 Å². The lowest BCUT2D eigenvalue weighted by Crippen LogP contribution is -2.54. The molecule has 0 aromatic heterocycles. The average Bonchev–Trinajstić information content (AvgIpc) is 3.06. The normalized spacial score (nSPS) is 26.8. The van der Waals surface area contributed by atoms with Crippen molar-refractivity contribution in [2.45, 2.75) is 50.9 Å². The Morgan fingerprint density at radius 1 is 1.08 bits per heavy atom. The number of hydrogen-bond donors (Lipinski definition) is 0. The lowest BCUT2D eigenvalue weighted by Gasteiger charge is -2.39. The molecule has 0 bridgehead atoms. The minimum Gasteiger partial charge on any atom is -0.482 e. The molecule has 134 valence electrons. The molecule has 2 amide bonds. The Kier molecular flexibility index (Phi) is 4.27. The van der Waals surface area contributed by atoms with Crippen LogP contribution in [-0.4, -0.2) is 59.5 Å². The number of rotatable bonds is 2. The highest BCUT2D eigenvalue weighted by molar-refractivity contribution is 5.82. The highest BCUT2D eigenvalue weighted by atomic mass is 16.6. The van der Waals surface area contributed by atoms with E-state index in [0.717, 1.165) is 25.8 Å². The second kappa shape index (κ2) is 6.58. The fourth-order valence-electron chi connectivity index (χ4n) is 4.02. The van der Waals surface area contributed by atoms with Crippen LogP contribution in [0.25, 0.3) is 0 Å². The van der Waals surface area contributed by atoms with Gasteiger partial charge in [-0.25, -0.2) is 0 Å². The second-order valence-corrected chi connectivity index (χ2v) is 7.06. The first-order chi connectivity index (χ1) is 12.1. The molecule has 3 heterocycles. The van der Waals surface area contributed by atoms with Gasteiger partial charge in [0.15, 0.2) is 11.5 Å². The van der Waals surface area contributed by atoms with Crippen molar-refractivity contribution in [2.24, 2.45) is 0 Å². The van der Waals surface area contributed by atoms with Gasteiger partial charge in [0.25, 0.3) is 5.91 Å². The van der Waals surface area contributed by atoms with Gasteiger partial charge in [0.05, 0.1) is 0 Å². The van der Waals surface area contributed by atoms with Crippen molar-refractivity contribution in [1.82, 2.24) is 9.80 Å². The summed E-state index contributed by atoms with van der Waals surface area (Å²) >= 11 is 0. The smallest absolute Gasteiger partial charge is 0.267 e. The van der Waals surface area contributed by atoms with Crippen molar-refractivity contribution in [1.29, 1.82) is 0 Å². The van der Waals surface area contributed by atoms with E-state index in [0.29, 0.717) is 31.0 Å². The van der Waals surface area contributed by atoms with E-state index in [1.54, 1.807) is 0 Å². The second-order valence-electron chi connectivity index (χ2n) is 7.06. The van der Waals surface area contributed by atoms with E-state index in [9.17, 15) is 9.59 Å². The maximum absolute atomic E-state index is 12.9. The van der Waals surface area contributed by atoms with Gasteiger partial charge in [0, 0.05) is 32.1 Å². The van der Waals surface area contributed by atoms with Crippen molar-refractivity contribution in [3.63, 3.8) is 0 Å². The van der Waals surface area contributed by atoms with Crippen LogP contribution in [0.2, 0.25) is 0 Å². The van der Waals surface area contributed by atoms with Crippen molar-refractivity contribution >= 4 is 11.8 Å². The summed E-state index contributed by atoms with van der Waals surface area (Å²) < 4.78 is 11.8. The Bertz CT molecular complexity index is 669. The number of hydrogen-bond acceptors (Lipinski definition) is 4. The molecule has 0 spiro atoms. The Balaban J connectivity index is 1.38. The van der Waals surface area contributed by atoms with Gasteiger partial charge in [-0.05, 0) is 38.3 Å². The number of likely N-dealkylation sites (tertiary alicyclic amines) is 2. The molecule has 3 aliphatic heterocycles. The summed E-state index contributed by atoms with van der Waals surface area (Å²) in [4.78, 5) is 28.7. The molecule has 0 saturated carbocycles. The third-order valence-electron chi connectivity index (χ3n) is 5.41. The van der Waals surface area contributed by atoms with Crippen molar-refractivity contribution in [2.75, 3.05) is 19.6 Å². The Hall–Kier alpha value is -2.24. The van der Waals surface area contributed by atoms with Crippen LogP contribution in [0.3, 0.4) is 0 Å². The third kappa shape index (κ3) is 3.05. The number of nitrogens with zero attached hydrogens (tertiary/aromatic N) is 2. The monoisotopic (exact) mass is 344 g/mol. The molecule has 0 aliphatic carbocycles. The topological polar surface area (TPSA) is 59.1 Å². The standard InChI is InChI=1S/C19H24N2O4/c1-13-18(25-16-6-3-2-5-15(16)24-13)19(23)20-11-8-14(9-12-20)21-10-4-7-17(21)22/h2-3,5-6,13-14,18H,4,7-12H2,1H3. The molecule has 1 aromatic rings. The van der Waals surface area contributed by atoms with Gasteiger partial charge in [-0.3, -0.25) is 9.59 Å². The van der Waals surface area contributed by atoms with Crippen molar-refractivity contribution in [3.05, 3.63) is 24.3 Å². The molecule has 2 atom stereocenters. The highest BCUT2D eigenvalue weighted by Crippen LogP contribution is 2.34. The number of benzene rings is 1. The Morgan fingerprint density at radius 2 is 1.76 bits per heavy atom. The molecule has 6 heteroatoms. The fourth-order valence-corrected chi connectivity index (χ4v) is 4.02. The highest BCUT2D eigenvalue weighted by Gasteiger charge is 2.39. The quantitative estimate of drug-likeness (QED) is 0.821. The van der Waals surface area contributed by atoms with Crippen LogP contribution in [0.4, 0.5) is 0 Å². The number of carbonyl (C=O) groups excluding carboxylic acids is 2. The number of fused-ring (bicyclic) bond motifs is 1. The molecule has 2 unspecified atom stereocenters. The molecule has 1 aromatic carbocycles. The lowest BCUT2D eigenvalue weighted by atomic mass is 10.0. The predicted molar refractivity (Wildman–Crippen MR) is 91.5 cm³/mol. The molecule has 0 N–H and O–H groups in total. The van der Waals surface area contributed by atoms with Gasteiger partial charge in [0.2, 0.25) is 12.0 Å². The Labute approximate surface area is 147 Å². The number of para-hydroxylation sites is 2. The minimum absolute atomic E-state index is 0.0202. The van der Waals surface area contributed by atoms with Crippen LogP contribution in [0, 0.1) is 0 Å². The zero-order chi connectivity index (χ0) is 17.4. The first-order valence-corrected chi connectivity index (χ1v) is 9.14. The predicted octanol–water partition coefficient (Wildman–Crippen LogP) is 1.83. The molecule has 2 fully saturated rings. The van der Waals surface area contributed by atoms with Gasteiger partial charge in [-0.1, -0.05) is 12.1 Å². The van der Waals surface area contributed by atoms with E-state index >= 15 is 0 Å². The maximum atomic E-state index is 12.9. The van der Waals surface area contributed by atoms with Crippen LogP contribution in [0.1, 0.15) is 32.6 Å². The van der Waals surface area contributed by atoms with Crippen LogP contribution in [0.5, 0.6) is 11.5 Å². The van der Waals surface area contributed by atoms with E-state index in [2.05, 4.69) is 0 Å². The van der Waals surface area contributed by atoms with Crippen LogP contribution in [0.15, 0.2) is 24.3 Å². The molecule has 2 saturated heterocycles. The SMILES string of the molecule is CC1Oc2ccccc2OC1C(=O)N1CCC(N2CCCC2=O)CC1. The van der Waals surface area contributed by atoms with Gasteiger partial charge in [-0.15, -0.1) is 0 Å². The molecular formula is C19H24N2O4. The van der Waals surface area contributed by atoms with E-state index in [1.807, 2.05) is 41.0 Å². The zero-order valence-corrected chi connectivity index (χ0v) is 14.5. The fraction of sp³-hybridized carbons (Fsp3) is 0.579. The molecule has 0 radical (unpaired) electrons. The average molecular weight is 344 g/mol. The van der Waals surface area contributed by atoms with Crippen molar-refractivity contribution in [3.8, 4) is 11.5 Å². The van der Waals surface area contributed by atoms with E-state index in [4.69, 9.17) is 9.47 Å². The minimum atomic E-state index is -0.611. The van der Waals surface area contributed by atoms with Gasteiger partial charge in [0.1, 0.15) is 6.10 Å². The zero-order valence-electron chi connectivity index (χ0n) is 14.5. The third-order valence-corrected chi connectivity index (χ3v) is 5.41. The van der Waals surface area contributed by atoms with Crippen molar-refractivity contribution < 1.29 is 19.1 Å². The Morgan fingerprint density at radius 3 is 2.40 bits per heavy atom. The van der Waals surface area contributed by atoms with Crippen LogP contribution in [-0.2, 0) is 9.59 Å². The molecule has 4 rings (SSSR count). The van der Waals surface area contributed by atoms with E-state index < -0.39 is 6.10 Å². The summed E-state index contributed by atoms with van der Waals surface area (Å²) in [7, 11) is 0. The van der Waals surface area contributed by atoms with Crippen LogP contribution >= 0.6 is 0 Å². The molecule has 6 nitrogen and oxygen atoms in total. The summed E-state index contributed by atoms with van der Waals surface area (Å²) in [5.41, 5.74) is 0. The van der Waals surface area contributed by atoms with E-state index in [-0.39, 0.29) is 24.0 Å². The summed E-state index contributed by atoms with van der Waals surface area (Å²) in [5.74, 6) is 1.55. The molecule has 25 heavy (non-hydrogen) atoms. The number of carbonyl (C=O) groups is 2.